The van der Waals surface area contributed by atoms with Crippen molar-refractivity contribution in [1.29, 1.82) is 0 Å². The Morgan fingerprint density at radius 1 is 1.11 bits per heavy atom. The summed E-state index contributed by atoms with van der Waals surface area (Å²) in [5.74, 6) is -0.0305. The summed E-state index contributed by atoms with van der Waals surface area (Å²) in [6.45, 7) is 0. The molecule has 1 amide bonds. The van der Waals surface area contributed by atoms with Gasteiger partial charge in [0.05, 0.1) is 22.8 Å². The van der Waals surface area contributed by atoms with Gasteiger partial charge in [-0.15, -0.1) is 0 Å². The Balaban J connectivity index is 2.04. The highest BCUT2D eigenvalue weighted by molar-refractivity contribution is 6.43. The zero-order chi connectivity index (χ0) is 20.4. The SMILES string of the molecule is COc1ccccc1N(C)C(=O)c1ccc(Cl)c(-c2ncc(Cl)c(Cl)c2O)c1. The van der Waals surface area contributed by atoms with Gasteiger partial charge in [0.1, 0.15) is 16.5 Å². The number of para-hydroxylation sites is 2. The zero-order valence-electron chi connectivity index (χ0n) is 14.9. The largest absolute Gasteiger partial charge is 0.504 e. The minimum atomic E-state index is -0.307. The maximum atomic E-state index is 13.0. The molecule has 0 aliphatic rings. The van der Waals surface area contributed by atoms with E-state index in [-0.39, 0.29) is 27.4 Å². The molecule has 2 aromatic carbocycles. The van der Waals surface area contributed by atoms with Crippen molar-refractivity contribution in [2.75, 3.05) is 19.1 Å². The van der Waals surface area contributed by atoms with Crippen LogP contribution in [-0.4, -0.2) is 30.2 Å². The number of halogens is 3. The summed E-state index contributed by atoms with van der Waals surface area (Å²) in [6.07, 6.45) is 1.31. The number of hydrogen-bond acceptors (Lipinski definition) is 4. The molecule has 3 rings (SSSR count). The van der Waals surface area contributed by atoms with E-state index in [2.05, 4.69) is 4.98 Å². The average molecular weight is 438 g/mol. The molecule has 0 radical (unpaired) electrons. The molecule has 0 atom stereocenters. The number of nitrogens with zero attached hydrogens (tertiary/aromatic N) is 2. The fourth-order valence-electron chi connectivity index (χ4n) is 2.70. The van der Waals surface area contributed by atoms with E-state index in [0.29, 0.717) is 27.6 Å². The zero-order valence-corrected chi connectivity index (χ0v) is 17.2. The molecular weight excluding hydrogens is 423 g/mol. The van der Waals surface area contributed by atoms with Crippen LogP contribution >= 0.6 is 34.8 Å². The second-order valence-electron chi connectivity index (χ2n) is 5.85. The summed E-state index contributed by atoms with van der Waals surface area (Å²) < 4.78 is 5.32. The van der Waals surface area contributed by atoms with Crippen LogP contribution in [0.5, 0.6) is 11.5 Å². The van der Waals surface area contributed by atoms with Crippen LogP contribution in [0.25, 0.3) is 11.3 Å². The molecular formula is C20H15Cl3N2O3. The Morgan fingerprint density at radius 3 is 2.54 bits per heavy atom. The molecule has 5 nitrogen and oxygen atoms in total. The summed E-state index contributed by atoms with van der Waals surface area (Å²) in [7, 11) is 3.18. The van der Waals surface area contributed by atoms with Gasteiger partial charge in [0.25, 0.3) is 5.91 Å². The minimum absolute atomic E-state index is 0.0365. The lowest BCUT2D eigenvalue weighted by atomic mass is 10.1. The van der Waals surface area contributed by atoms with Crippen molar-refractivity contribution in [3.8, 4) is 22.8 Å². The number of anilines is 1. The van der Waals surface area contributed by atoms with Crippen molar-refractivity contribution in [2.45, 2.75) is 0 Å². The Bertz CT molecular complexity index is 1060. The number of carbonyl (C=O) groups is 1. The predicted octanol–water partition coefficient (Wildman–Crippen LogP) is 5.70. The third-order valence-corrected chi connectivity index (χ3v) is 5.26. The highest BCUT2D eigenvalue weighted by atomic mass is 35.5. The van der Waals surface area contributed by atoms with Crippen molar-refractivity contribution in [2.24, 2.45) is 0 Å². The van der Waals surface area contributed by atoms with Gasteiger partial charge in [-0.1, -0.05) is 46.9 Å². The van der Waals surface area contributed by atoms with Gasteiger partial charge in [-0.2, -0.15) is 0 Å². The average Bonchev–Trinajstić information content (AvgIpc) is 2.72. The quantitative estimate of drug-likeness (QED) is 0.569. The Kier molecular flexibility index (Phi) is 5.98. The monoisotopic (exact) mass is 436 g/mol. The highest BCUT2D eigenvalue weighted by Gasteiger charge is 2.21. The molecule has 1 N–H and O–H groups in total. The fourth-order valence-corrected chi connectivity index (χ4v) is 3.19. The topological polar surface area (TPSA) is 62.7 Å². The maximum Gasteiger partial charge on any atom is 0.258 e. The fraction of sp³-hybridized carbons (Fsp3) is 0.100. The number of carbonyl (C=O) groups excluding carboxylic acids is 1. The van der Waals surface area contributed by atoms with Crippen LogP contribution < -0.4 is 9.64 Å². The number of ether oxygens (including phenoxy) is 1. The van der Waals surface area contributed by atoms with E-state index in [4.69, 9.17) is 39.5 Å². The highest BCUT2D eigenvalue weighted by Crippen LogP contribution is 2.40. The van der Waals surface area contributed by atoms with Crippen LogP contribution in [-0.2, 0) is 0 Å². The molecule has 0 bridgehead atoms. The van der Waals surface area contributed by atoms with E-state index in [0.717, 1.165) is 0 Å². The molecule has 28 heavy (non-hydrogen) atoms. The first-order valence-corrected chi connectivity index (χ1v) is 9.22. The third kappa shape index (κ3) is 3.74. The van der Waals surface area contributed by atoms with Gasteiger partial charge in [0, 0.05) is 24.4 Å². The number of amides is 1. The Labute approximate surface area is 177 Å². The van der Waals surface area contributed by atoms with Crippen LogP contribution in [0.4, 0.5) is 5.69 Å². The molecule has 1 aromatic heterocycles. The Hall–Kier alpha value is -2.47. The second kappa shape index (κ2) is 8.27. The van der Waals surface area contributed by atoms with Crippen molar-refractivity contribution in [3.05, 3.63) is 69.3 Å². The van der Waals surface area contributed by atoms with Crippen molar-refractivity contribution >= 4 is 46.4 Å². The molecule has 0 aliphatic heterocycles. The Morgan fingerprint density at radius 2 is 1.82 bits per heavy atom. The number of benzene rings is 2. The summed E-state index contributed by atoms with van der Waals surface area (Å²) in [6, 6.07) is 11.9. The van der Waals surface area contributed by atoms with Gasteiger partial charge < -0.3 is 14.7 Å². The van der Waals surface area contributed by atoms with Crippen LogP contribution in [0.3, 0.4) is 0 Å². The number of pyridine rings is 1. The molecule has 0 spiro atoms. The lowest BCUT2D eigenvalue weighted by molar-refractivity contribution is 0.0992. The molecule has 0 aliphatic carbocycles. The molecule has 0 unspecified atom stereocenters. The van der Waals surface area contributed by atoms with Gasteiger partial charge in [-0.3, -0.25) is 9.78 Å². The van der Waals surface area contributed by atoms with Gasteiger partial charge >= 0.3 is 0 Å². The summed E-state index contributed by atoms with van der Waals surface area (Å²) in [4.78, 5) is 18.6. The number of methoxy groups -OCH3 is 1. The lowest BCUT2D eigenvalue weighted by Crippen LogP contribution is -2.26. The van der Waals surface area contributed by atoms with Crippen LogP contribution in [0.2, 0.25) is 15.1 Å². The second-order valence-corrected chi connectivity index (χ2v) is 7.04. The number of hydrogen-bond donors (Lipinski definition) is 1. The van der Waals surface area contributed by atoms with Crippen LogP contribution in [0.1, 0.15) is 10.4 Å². The summed E-state index contributed by atoms with van der Waals surface area (Å²) in [5.41, 5.74) is 1.45. The first kappa shape index (κ1) is 20.3. The van der Waals surface area contributed by atoms with E-state index in [1.54, 1.807) is 37.4 Å². The van der Waals surface area contributed by atoms with Crippen LogP contribution in [0, 0.1) is 0 Å². The molecule has 0 saturated carbocycles. The smallest absolute Gasteiger partial charge is 0.258 e. The molecule has 0 fully saturated rings. The normalized spacial score (nSPS) is 10.6. The van der Waals surface area contributed by atoms with Crippen molar-refractivity contribution < 1.29 is 14.6 Å². The molecule has 8 heteroatoms. The van der Waals surface area contributed by atoms with Gasteiger partial charge in [0.2, 0.25) is 0 Å². The molecule has 144 valence electrons. The molecule has 3 aromatic rings. The van der Waals surface area contributed by atoms with Crippen molar-refractivity contribution in [3.63, 3.8) is 0 Å². The van der Waals surface area contributed by atoms with E-state index in [9.17, 15) is 9.90 Å². The standard InChI is InChI=1S/C20H15Cl3N2O3/c1-25(15-5-3-4-6-16(15)28-2)20(27)11-7-8-13(21)12(9-11)18-19(26)17(23)14(22)10-24-18/h3-10,26H,1-2H3. The van der Waals surface area contributed by atoms with E-state index < -0.39 is 0 Å². The molecule has 0 saturated heterocycles. The first-order valence-electron chi connectivity index (χ1n) is 8.09. The number of rotatable bonds is 4. The van der Waals surface area contributed by atoms with E-state index >= 15 is 0 Å². The van der Waals surface area contributed by atoms with Gasteiger partial charge in [0.15, 0.2) is 5.75 Å². The van der Waals surface area contributed by atoms with E-state index in [1.807, 2.05) is 12.1 Å². The summed E-state index contributed by atoms with van der Waals surface area (Å²) in [5, 5.41) is 10.7. The lowest BCUT2D eigenvalue weighted by Gasteiger charge is -2.20. The minimum Gasteiger partial charge on any atom is -0.504 e. The van der Waals surface area contributed by atoms with Crippen molar-refractivity contribution in [1.82, 2.24) is 4.98 Å². The van der Waals surface area contributed by atoms with E-state index in [1.165, 1.54) is 18.2 Å². The molecule has 1 heterocycles. The van der Waals surface area contributed by atoms with Crippen LogP contribution in [0.15, 0.2) is 48.7 Å². The van der Waals surface area contributed by atoms with Gasteiger partial charge in [-0.05, 0) is 30.3 Å². The summed E-state index contributed by atoms with van der Waals surface area (Å²) >= 11 is 18.1. The van der Waals surface area contributed by atoms with Gasteiger partial charge in [-0.25, -0.2) is 0 Å². The predicted molar refractivity (Wildman–Crippen MR) is 112 cm³/mol. The number of aromatic hydroxyl groups is 1. The third-order valence-electron chi connectivity index (χ3n) is 4.17. The first-order chi connectivity index (χ1) is 13.3. The number of aromatic nitrogens is 1. The maximum absolute atomic E-state index is 13.0.